The van der Waals surface area contributed by atoms with Crippen LogP contribution in [-0.4, -0.2) is 41.6 Å². The summed E-state index contributed by atoms with van der Waals surface area (Å²) in [4.78, 5) is 23.5. The molecule has 1 aromatic heterocycles. The van der Waals surface area contributed by atoms with Gasteiger partial charge in [0, 0.05) is 19.5 Å². The standard InChI is InChI=1S/C15H17ClN4O2/c1-4-12-17-13-14(18-12)20(8-19(2)15(13)21)11-6-5-9(22-3)7-10(11)16/h5-7H,4,8H2,1-3H3,(H,17,18). The van der Waals surface area contributed by atoms with Crippen molar-refractivity contribution in [1.82, 2.24) is 14.9 Å². The van der Waals surface area contributed by atoms with Crippen molar-refractivity contribution >= 4 is 29.0 Å². The SMILES string of the molecule is CCc1nc2c([nH]1)C(=O)N(C)CN2c1ccc(OC)cc1Cl. The summed E-state index contributed by atoms with van der Waals surface area (Å²) in [5.41, 5.74) is 1.29. The van der Waals surface area contributed by atoms with E-state index in [1.54, 1.807) is 25.1 Å². The molecule has 1 N–H and O–H groups in total. The monoisotopic (exact) mass is 320 g/mol. The van der Waals surface area contributed by atoms with E-state index in [4.69, 9.17) is 16.3 Å². The van der Waals surface area contributed by atoms with Gasteiger partial charge in [0.15, 0.2) is 5.82 Å². The molecule has 2 heterocycles. The number of H-pyrrole nitrogens is 1. The molecule has 0 saturated carbocycles. The molecule has 1 aliphatic heterocycles. The van der Waals surface area contributed by atoms with E-state index < -0.39 is 0 Å². The van der Waals surface area contributed by atoms with Gasteiger partial charge in [-0.25, -0.2) is 4.98 Å². The molecule has 3 rings (SSSR count). The fourth-order valence-corrected chi connectivity index (χ4v) is 2.75. The first-order chi connectivity index (χ1) is 10.5. The summed E-state index contributed by atoms with van der Waals surface area (Å²) in [5, 5.41) is 0.550. The van der Waals surface area contributed by atoms with Gasteiger partial charge in [-0.2, -0.15) is 0 Å². The Morgan fingerprint density at radius 3 is 2.86 bits per heavy atom. The van der Waals surface area contributed by atoms with E-state index in [0.29, 0.717) is 29.0 Å². The van der Waals surface area contributed by atoms with Gasteiger partial charge in [-0.1, -0.05) is 18.5 Å². The van der Waals surface area contributed by atoms with Gasteiger partial charge in [-0.05, 0) is 12.1 Å². The molecular weight excluding hydrogens is 304 g/mol. The first-order valence-corrected chi connectivity index (χ1v) is 7.38. The third-order valence-corrected chi connectivity index (χ3v) is 3.99. The number of fused-ring (bicyclic) bond motifs is 1. The zero-order chi connectivity index (χ0) is 15.9. The second-order valence-electron chi connectivity index (χ2n) is 5.13. The molecule has 0 fully saturated rings. The molecule has 0 spiro atoms. The summed E-state index contributed by atoms with van der Waals surface area (Å²) >= 11 is 6.37. The number of aromatic amines is 1. The quantitative estimate of drug-likeness (QED) is 0.944. The van der Waals surface area contributed by atoms with Crippen molar-refractivity contribution in [3.63, 3.8) is 0 Å². The van der Waals surface area contributed by atoms with Crippen molar-refractivity contribution in [3.8, 4) is 5.75 Å². The van der Waals surface area contributed by atoms with Crippen LogP contribution < -0.4 is 9.64 Å². The van der Waals surface area contributed by atoms with E-state index in [0.717, 1.165) is 17.9 Å². The number of carbonyl (C=O) groups is 1. The number of hydrogen-bond donors (Lipinski definition) is 1. The predicted molar refractivity (Wildman–Crippen MR) is 85.1 cm³/mol. The van der Waals surface area contributed by atoms with Crippen molar-refractivity contribution < 1.29 is 9.53 Å². The summed E-state index contributed by atoms with van der Waals surface area (Å²) in [7, 11) is 3.35. The second-order valence-corrected chi connectivity index (χ2v) is 5.53. The number of methoxy groups -OCH3 is 1. The maximum atomic E-state index is 12.3. The summed E-state index contributed by atoms with van der Waals surface area (Å²) in [5.74, 6) is 2.02. The van der Waals surface area contributed by atoms with Gasteiger partial charge in [0.1, 0.15) is 17.3 Å². The highest BCUT2D eigenvalue weighted by Crippen LogP contribution is 2.37. The Morgan fingerprint density at radius 1 is 1.45 bits per heavy atom. The lowest BCUT2D eigenvalue weighted by atomic mass is 10.2. The minimum atomic E-state index is -0.0666. The van der Waals surface area contributed by atoms with Gasteiger partial charge in [0.2, 0.25) is 0 Å². The van der Waals surface area contributed by atoms with Gasteiger partial charge < -0.3 is 19.5 Å². The number of aryl methyl sites for hydroxylation is 1. The molecule has 1 aliphatic rings. The number of rotatable bonds is 3. The molecule has 1 aromatic carbocycles. The van der Waals surface area contributed by atoms with E-state index in [1.165, 1.54) is 0 Å². The predicted octanol–water partition coefficient (Wildman–Crippen LogP) is 2.82. The largest absolute Gasteiger partial charge is 0.497 e. The zero-order valence-corrected chi connectivity index (χ0v) is 13.4. The molecule has 22 heavy (non-hydrogen) atoms. The lowest BCUT2D eigenvalue weighted by Gasteiger charge is -2.33. The first-order valence-electron chi connectivity index (χ1n) is 7.00. The van der Waals surface area contributed by atoms with Crippen LogP contribution in [-0.2, 0) is 6.42 Å². The molecule has 0 radical (unpaired) electrons. The average Bonchev–Trinajstić information content (AvgIpc) is 2.95. The highest BCUT2D eigenvalue weighted by molar-refractivity contribution is 6.33. The van der Waals surface area contributed by atoms with Gasteiger partial charge in [-0.3, -0.25) is 4.79 Å². The third kappa shape index (κ3) is 2.29. The fourth-order valence-electron chi connectivity index (χ4n) is 2.48. The summed E-state index contributed by atoms with van der Waals surface area (Å²) in [6.45, 7) is 2.38. The minimum absolute atomic E-state index is 0.0666. The number of aromatic nitrogens is 2. The molecule has 7 heteroatoms. The van der Waals surface area contributed by atoms with Crippen molar-refractivity contribution in [1.29, 1.82) is 0 Å². The molecule has 1 amide bonds. The first kappa shape index (κ1) is 14.7. The van der Waals surface area contributed by atoms with E-state index in [1.807, 2.05) is 24.0 Å². The molecule has 116 valence electrons. The highest BCUT2D eigenvalue weighted by Gasteiger charge is 2.32. The highest BCUT2D eigenvalue weighted by atomic mass is 35.5. The molecular formula is C15H17ClN4O2. The van der Waals surface area contributed by atoms with Crippen LogP contribution >= 0.6 is 11.6 Å². The number of amides is 1. The molecule has 0 bridgehead atoms. The molecule has 0 atom stereocenters. The number of imidazole rings is 1. The lowest BCUT2D eigenvalue weighted by molar-refractivity contribution is 0.0782. The Labute approximate surface area is 133 Å². The van der Waals surface area contributed by atoms with Crippen molar-refractivity contribution in [2.24, 2.45) is 0 Å². The lowest BCUT2D eigenvalue weighted by Crippen LogP contribution is -2.42. The smallest absolute Gasteiger partial charge is 0.275 e. The van der Waals surface area contributed by atoms with Crippen LogP contribution in [0, 0.1) is 0 Å². The van der Waals surface area contributed by atoms with Gasteiger partial charge >= 0.3 is 0 Å². The number of ether oxygens (including phenoxy) is 1. The van der Waals surface area contributed by atoms with E-state index in [-0.39, 0.29) is 5.91 Å². The van der Waals surface area contributed by atoms with Crippen LogP contribution in [0.4, 0.5) is 11.5 Å². The molecule has 2 aromatic rings. The Bertz CT molecular complexity index is 728. The Morgan fingerprint density at radius 2 is 2.23 bits per heavy atom. The van der Waals surface area contributed by atoms with Crippen molar-refractivity contribution in [3.05, 3.63) is 34.7 Å². The van der Waals surface area contributed by atoms with Crippen LogP contribution in [0.2, 0.25) is 5.02 Å². The minimum Gasteiger partial charge on any atom is -0.497 e. The van der Waals surface area contributed by atoms with E-state index in [9.17, 15) is 4.79 Å². The van der Waals surface area contributed by atoms with E-state index >= 15 is 0 Å². The van der Waals surface area contributed by atoms with Crippen LogP contribution in [0.25, 0.3) is 0 Å². The van der Waals surface area contributed by atoms with Crippen LogP contribution in [0.3, 0.4) is 0 Å². The van der Waals surface area contributed by atoms with Gasteiger partial charge in [0.05, 0.1) is 24.5 Å². The Balaban J connectivity index is 2.10. The Kier molecular flexibility index (Phi) is 3.70. The van der Waals surface area contributed by atoms with Crippen LogP contribution in [0.15, 0.2) is 18.2 Å². The number of nitrogens with one attached hydrogen (secondary N) is 1. The van der Waals surface area contributed by atoms with Gasteiger partial charge in [0.25, 0.3) is 5.91 Å². The second kappa shape index (κ2) is 5.53. The molecule has 0 saturated heterocycles. The number of anilines is 2. The maximum Gasteiger partial charge on any atom is 0.275 e. The third-order valence-electron chi connectivity index (χ3n) is 3.68. The summed E-state index contributed by atoms with van der Waals surface area (Å²) < 4.78 is 5.18. The number of hydrogen-bond acceptors (Lipinski definition) is 4. The number of benzene rings is 1. The molecule has 0 aliphatic carbocycles. The zero-order valence-electron chi connectivity index (χ0n) is 12.7. The topological polar surface area (TPSA) is 61.5 Å². The van der Waals surface area contributed by atoms with Crippen LogP contribution in [0.1, 0.15) is 23.2 Å². The summed E-state index contributed by atoms with van der Waals surface area (Å²) in [6.07, 6.45) is 0.730. The number of halogens is 1. The Hall–Kier alpha value is -2.21. The number of nitrogens with zero attached hydrogens (tertiary/aromatic N) is 3. The normalized spacial score (nSPS) is 14.3. The van der Waals surface area contributed by atoms with Crippen LogP contribution in [0.5, 0.6) is 5.75 Å². The average molecular weight is 321 g/mol. The number of carbonyl (C=O) groups excluding carboxylic acids is 1. The molecule has 6 nitrogen and oxygen atoms in total. The van der Waals surface area contributed by atoms with Gasteiger partial charge in [-0.15, -0.1) is 0 Å². The molecule has 0 unspecified atom stereocenters. The maximum absolute atomic E-state index is 12.3. The summed E-state index contributed by atoms with van der Waals surface area (Å²) in [6, 6.07) is 5.46. The van der Waals surface area contributed by atoms with E-state index in [2.05, 4.69) is 9.97 Å². The van der Waals surface area contributed by atoms with Crippen molar-refractivity contribution in [2.45, 2.75) is 13.3 Å². The van der Waals surface area contributed by atoms with Crippen molar-refractivity contribution in [2.75, 3.05) is 25.7 Å². The fraction of sp³-hybridized carbons (Fsp3) is 0.333.